The van der Waals surface area contributed by atoms with Gasteiger partial charge in [-0.15, -0.1) is 0 Å². The van der Waals surface area contributed by atoms with Gasteiger partial charge in [-0.2, -0.15) is 5.10 Å². The number of rotatable bonds is 3. The second-order valence-electron chi connectivity index (χ2n) is 5.56. The van der Waals surface area contributed by atoms with Crippen molar-refractivity contribution in [2.45, 2.75) is 52.0 Å². The minimum absolute atomic E-state index is 0.129. The van der Waals surface area contributed by atoms with Crippen molar-refractivity contribution in [3.05, 3.63) is 17.5 Å². The predicted molar refractivity (Wildman–Crippen MR) is 70.6 cm³/mol. The molecule has 1 heterocycles. The molecule has 2 N–H and O–H groups in total. The summed E-state index contributed by atoms with van der Waals surface area (Å²) in [6.07, 6.45) is 6.58. The summed E-state index contributed by atoms with van der Waals surface area (Å²) in [5.74, 6) is 1.51. The van der Waals surface area contributed by atoms with Crippen molar-refractivity contribution in [2.24, 2.45) is 24.6 Å². The molecule has 1 fully saturated rings. The molecule has 1 aromatic heterocycles. The van der Waals surface area contributed by atoms with Crippen LogP contribution in [0.4, 0.5) is 0 Å². The Balaban J connectivity index is 2.06. The van der Waals surface area contributed by atoms with E-state index in [1.165, 1.54) is 37.8 Å². The van der Waals surface area contributed by atoms with Crippen LogP contribution in [0.2, 0.25) is 0 Å². The molecule has 96 valence electrons. The van der Waals surface area contributed by atoms with Crippen molar-refractivity contribution in [3.8, 4) is 0 Å². The highest BCUT2D eigenvalue weighted by molar-refractivity contribution is 5.13. The van der Waals surface area contributed by atoms with Gasteiger partial charge in [-0.1, -0.05) is 26.2 Å². The Hall–Kier alpha value is -0.830. The quantitative estimate of drug-likeness (QED) is 0.875. The summed E-state index contributed by atoms with van der Waals surface area (Å²) < 4.78 is 1.93. The van der Waals surface area contributed by atoms with E-state index in [4.69, 9.17) is 5.73 Å². The van der Waals surface area contributed by atoms with Crippen molar-refractivity contribution < 1.29 is 0 Å². The standard InChI is InChI=1S/C14H25N3/c1-4-11-6-5-7-12(9-11)14(15)13-8-10(2)17(3)16-13/h8,11-12,14H,4-7,9,15H2,1-3H3. The number of aryl methyl sites for hydroxylation is 2. The fraction of sp³-hybridized carbons (Fsp3) is 0.786. The van der Waals surface area contributed by atoms with Crippen LogP contribution >= 0.6 is 0 Å². The van der Waals surface area contributed by atoms with E-state index in [1.807, 2.05) is 11.7 Å². The van der Waals surface area contributed by atoms with E-state index >= 15 is 0 Å². The van der Waals surface area contributed by atoms with Crippen LogP contribution < -0.4 is 5.73 Å². The molecule has 3 nitrogen and oxygen atoms in total. The topological polar surface area (TPSA) is 43.8 Å². The van der Waals surface area contributed by atoms with E-state index in [1.54, 1.807) is 0 Å². The summed E-state index contributed by atoms with van der Waals surface area (Å²) in [7, 11) is 1.99. The van der Waals surface area contributed by atoms with Crippen LogP contribution in [0.1, 0.15) is 56.5 Å². The van der Waals surface area contributed by atoms with Crippen LogP contribution in [0.5, 0.6) is 0 Å². The third-order valence-corrected chi connectivity index (χ3v) is 4.38. The van der Waals surface area contributed by atoms with Crippen LogP contribution in [0.25, 0.3) is 0 Å². The van der Waals surface area contributed by atoms with Crippen molar-refractivity contribution in [2.75, 3.05) is 0 Å². The maximum absolute atomic E-state index is 6.39. The molecule has 0 amide bonds. The summed E-state index contributed by atoms with van der Waals surface area (Å²) in [5.41, 5.74) is 8.66. The zero-order valence-corrected chi connectivity index (χ0v) is 11.3. The highest BCUT2D eigenvalue weighted by Crippen LogP contribution is 2.36. The van der Waals surface area contributed by atoms with E-state index in [2.05, 4.69) is 25.0 Å². The lowest BCUT2D eigenvalue weighted by Gasteiger charge is -2.31. The third kappa shape index (κ3) is 2.71. The van der Waals surface area contributed by atoms with Gasteiger partial charge in [-0.3, -0.25) is 4.68 Å². The number of hydrogen-bond donors (Lipinski definition) is 1. The molecule has 0 saturated heterocycles. The van der Waals surface area contributed by atoms with Gasteiger partial charge < -0.3 is 5.73 Å². The molecular formula is C14H25N3. The Bertz CT molecular complexity index is 350. The van der Waals surface area contributed by atoms with Crippen molar-refractivity contribution >= 4 is 0 Å². The summed E-state index contributed by atoms with van der Waals surface area (Å²) in [4.78, 5) is 0. The van der Waals surface area contributed by atoms with Gasteiger partial charge in [-0.25, -0.2) is 0 Å². The van der Waals surface area contributed by atoms with Crippen LogP contribution in [0, 0.1) is 18.8 Å². The molecule has 0 aliphatic heterocycles. The smallest absolute Gasteiger partial charge is 0.0797 e. The fourth-order valence-corrected chi connectivity index (χ4v) is 3.02. The molecule has 1 aromatic rings. The molecule has 1 aliphatic rings. The van der Waals surface area contributed by atoms with Crippen LogP contribution in [0.3, 0.4) is 0 Å². The van der Waals surface area contributed by atoms with Crippen LogP contribution in [0.15, 0.2) is 6.07 Å². The van der Waals surface area contributed by atoms with Gasteiger partial charge in [0.05, 0.1) is 11.7 Å². The second-order valence-corrected chi connectivity index (χ2v) is 5.56. The van der Waals surface area contributed by atoms with Gasteiger partial charge in [-0.05, 0) is 37.7 Å². The first kappa shape index (κ1) is 12.6. The molecule has 3 unspecified atom stereocenters. The maximum Gasteiger partial charge on any atom is 0.0797 e. The number of hydrogen-bond acceptors (Lipinski definition) is 2. The van der Waals surface area contributed by atoms with E-state index in [0.717, 1.165) is 11.6 Å². The molecule has 0 bridgehead atoms. The van der Waals surface area contributed by atoms with Gasteiger partial charge in [0.15, 0.2) is 0 Å². The lowest BCUT2D eigenvalue weighted by atomic mass is 9.76. The van der Waals surface area contributed by atoms with Crippen molar-refractivity contribution in [1.29, 1.82) is 0 Å². The number of nitrogens with zero attached hydrogens (tertiary/aromatic N) is 2. The molecule has 0 aromatic carbocycles. The molecule has 3 heteroatoms. The van der Waals surface area contributed by atoms with Crippen molar-refractivity contribution in [1.82, 2.24) is 9.78 Å². The normalized spacial score (nSPS) is 27.1. The average Bonchev–Trinajstić information content (AvgIpc) is 2.69. The van der Waals surface area contributed by atoms with Gasteiger partial charge in [0, 0.05) is 12.7 Å². The monoisotopic (exact) mass is 235 g/mol. The molecule has 2 rings (SSSR count). The SMILES string of the molecule is CCC1CCCC(C(N)c2cc(C)n(C)n2)C1. The first-order valence-electron chi connectivity index (χ1n) is 6.88. The van der Waals surface area contributed by atoms with E-state index in [-0.39, 0.29) is 6.04 Å². The highest BCUT2D eigenvalue weighted by atomic mass is 15.3. The first-order chi connectivity index (χ1) is 8.11. The molecule has 1 saturated carbocycles. The van der Waals surface area contributed by atoms with Crippen LogP contribution in [-0.2, 0) is 7.05 Å². The van der Waals surface area contributed by atoms with Crippen molar-refractivity contribution in [3.63, 3.8) is 0 Å². The van der Waals surface area contributed by atoms with Gasteiger partial charge >= 0.3 is 0 Å². The van der Waals surface area contributed by atoms with Gasteiger partial charge in [0.1, 0.15) is 0 Å². The minimum atomic E-state index is 0.129. The Morgan fingerprint density at radius 2 is 2.29 bits per heavy atom. The molecule has 1 aliphatic carbocycles. The summed E-state index contributed by atoms with van der Waals surface area (Å²) in [6, 6.07) is 2.27. The number of aromatic nitrogens is 2. The Kier molecular flexibility index (Phi) is 3.87. The van der Waals surface area contributed by atoms with Crippen LogP contribution in [-0.4, -0.2) is 9.78 Å². The summed E-state index contributed by atoms with van der Waals surface area (Å²) in [5, 5.41) is 4.53. The molecule has 17 heavy (non-hydrogen) atoms. The Morgan fingerprint density at radius 1 is 1.53 bits per heavy atom. The zero-order chi connectivity index (χ0) is 12.4. The second kappa shape index (κ2) is 5.21. The van der Waals surface area contributed by atoms with E-state index in [9.17, 15) is 0 Å². The Labute approximate surface area is 104 Å². The molecule has 0 radical (unpaired) electrons. The zero-order valence-electron chi connectivity index (χ0n) is 11.3. The van der Waals surface area contributed by atoms with E-state index in [0.29, 0.717) is 5.92 Å². The molecule has 3 atom stereocenters. The summed E-state index contributed by atoms with van der Waals surface area (Å²) >= 11 is 0. The first-order valence-corrected chi connectivity index (χ1v) is 6.88. The highest BCUT2D eigenvalue weighted by Gasteiger charge is 2.27. The van der Waals surface area contributed by atoms with E-state index < -0.39 is 0 Å². The largest absolute Gasteiger partial charge is 0.322 e. The van der Waals surface area contributed by atoms with Gasteiger partial charge in [0.25, 0.3) is 0 Å². The third-order valence-electron chi connectivity index (χ3n) is 4.38. The lowest BCUT2D eigenvalue weighted by molar-refractivity contribution is 0.228. The number of nitrogens with two attached hydrogens (primary N) is 1. The average molecular weight is 235 g/mol. The molecule has 0 spiro atoms. The molecular weight excluding hydrogens is 210 g/mol. The Morgan fingerprint density at radius 3 is 2.88 bits per heavy atom. The predicted octanol–water partition coefficient (Wildman–Crippen LogP) is 2.94. The lowest BCUT2D eigenvalue weighted by Crippen LogP contribution is -2.27. The maximum atomic E-state index is 6.39. The minimum Gasteiger partial charge on any atom is -0.322 e. The van der Waals surface area contributed by atoms with Gasteiger partial charge in [0.2, 0.25) is 0 Å². The fourth-order valence-electron chi connectivity index (χ4n) is 3.02. The summed E-state index contributed by atoms with van der Waals surface area (Å²) in [6.45, 7) is 4.38.